The molecular formula is C21H35N5O2. The van der Waals surface area contributed by atoms with Gasteiger partial charge in [0.2, 0.25) is 0 Å². The maximum absolute atomic E-state index is 12.1. The fourth-order valence-corrected chi connectivity index (χ4v) is 3.49. The molecule has 0 saturated carbocycles. The van der Waals surface area contributed by atoms with E-state index in [-0.39, 0.29) is 11.7 Å². The van der Waals surface area contributed by atoms with Gasteiger partial charge >= 0.3 is 0 Å². The Morgan fingerprint density at radius 1 is 1.21 bits per heavy atom. The number of hydrogen-bond donors (Lipinski definition) is 3. The number of carbonyl (C=O) groups excluding carboxylic acids is 1. The number of likely N-dealkylation sites (tertiary alicyclic amines) is 1. The van der Waals surface area contributed by atoms with E-state index in [1.807, 2.05) is 0 Å². The zero-order valence-electron chi connectivity index (χ0n) is 17.4. The van der Waals surface area contributed by atoms with E-state index in [0.717, 1.165) is 45.2 Å². The highest BCUT2D eigenvalue weighted by Crippen LogP contribution is 2.17. The van der Waals surface area contributed by atoms with Gasteiger partial charge in [-0.2, -0.15) is 0 Å². The molecule has 1 aromatic rings. The fourth-order valence-electron chi connectivity index (χ4n) is 3.49. The predicted octanol–water partition coefficient (Wildman–Crippen LogP) is 1.75. The van der Waals surface area contributed by atoms with Gasteiger partial charge < -0.3 is 25.5 Å². The van der Waals surface area contributed by atoms with Gasteiger partial charge in [0.25, 0.3) is 5.91 Å². The first kappa shape index (κ1) is 22.0. The lowest BCUT2D eigenvalue weighted by Gasteiger charge is -2.24. The van der Waals surface area contributed by atoms with Crippen molar-refractivity contribution in [3.05, 3.63) is 29.8 Å². The van der Waals surface area contributed by atoms with Crippen LogP contribution in [-0.4, -0.2) is 79.1 Å². The summed E-state index contributed by atoms with van der Waals surface area (Å²) in [5, 5.41) is 15.5. The van der Waals surface area contributed by atoms with Crippen LogP contribution in [0.2, 0.25) is 0 Å². The highest BCUT2D eigenvalue weighted by molar-refractivity contribution is 5.94. The molecule has 1 saturated heterocycles. The summed E-state index contributed by atoms with van der Waals surface area (Å²) < 4.78 is 0. The van der Waals surface area contributed by atoms with Crippen molar-refractivity contribution in [2.24, 2.45) is 10.9 Å². The minimum atomic E-state index is -0.152. The molecule has 1 heterocycles. The van der Waals surface area contributed by atoms with Crippen molar-refractivity contribution in [3.63, 3.8) is 0 Å². The first-order valence-electron chi connectivity index (χ1n) is 10.4. The lowest BCUT2D eigenvalue weighted by atomic mass is 10.1. The Hall–Kier alpha value is -2.28. The van der Waals surface area contributed by atoms with Crippen molar-refractivity contribution >= 4 is 11.9 Å². The van der Waals surface area contributed by atoms with Crippen LogP contribution in [0.15, 0.2) is 29.3 Å². The lowest BCUT2D eigenvalue weighted by molar-refractivity contribution is 0.0955. The molecule has 1 aromatic carbocycles. The summed E-state index contributed by atoms with van der Waals surface area (Å²) in [4.78, 5) is 21.6. The summed E-state index contributed by atoms with van der Waals surface area (Å²) in [6.45, 7) is 13.7. The van der Waals surface area contributed by atoms with Crippen LogP contribution in [0.4, 0.5) is 0 Å². The van der Waals surface area contributed by atoms with Gasteiger partial charge in [0.05, 0.1) is 6.54 Å². The Morgan fingerprint density at radius 3 is 2.57 bits per heavy atom. The monoisotopic (exact) mass is 389 g/mol. The van der Waals surface area contributed by atoms with Gasteiger partial charge in [0.1, 0.15) is 5.75 Å². The summed E-state index contributed by atoms with van der Waals surface area (Å²) >= 11 is 0. The van der Waals surface area contributed by atoms with Gasteiger partial charge in [0, 0.05) is 38.3 Å². The number of aliphatic imine (C=N–C) groups is 1. The van der Waals surface area contributed by atoms with E-state index in [1.165, 1.54) is 18.6 Å². The summed E-state index contributed by atoms with van der Waals surface area (Å²) in [6, 6.07) is 6.24. The highest BCUT2D eigenvalue weighted by Gasteiger charge is 2.25. The van der Waals surface area contributed by atoms with Crippen LogP contribution < -0.4 is 10.6 Å². The SMILES string of the molecule is CCNC(=NCCNC(=O)c1ccc(O)cc1)N1CCC(CN(CC)CC)C1. The largest absolute Gasteiger partial charge is 0.508 e. The summed E-state index contributed by atoms with van der Waals surface area (Å²) in [6.07, 6.45) is 1.19. The van der Waals surface area contributed by atoms with Crippen LogP contribution in [-0.2, 0) is 0 Å². The number of benzene rings is 1. The molecule has 7 heteroatoms. The number of nitrogens with zero attached hydrogens (tertiary/aromatic N) is 3. The van der Waals surface area contributed by atoms with Crippen LogP contribution in [0.5, 0.6) is 5.75 Å². The molecule has 0 radical (unpaired) electrons. The third-order valence-corrected chi connectivity index (χ3v) is 5.12. The first-order valence-corrected chi connectivity index (χ1v) is 10.4. The molecule has 1 aliphatic rings. The minimum absolute atomic E-state index is 0.152. The van der Waals surface area contributed by atoms with Crippen molar-refractivity contribution in [1.29, 1.82) is 0 Å². The second kappa shape index (κ2) is 11.5. The Bertz CT molecular complexity index is 628. The van der Waals surface area contributed by atoms with E-state index >= 15 is 0 Å². The standard InChI is InChI=1S/C21H35N5O2/c1-4-22-21(26-14-11-17(16-26)15-25(5-2)6-3)24-13-12-23-20(28)18-7-9-19(27)10-8-18/h7-10,17,27H,4-6,11-16H2,1-3H3,(H,22,24)(H,23,28). The molecule has 1 fully saturated rings. The van der Waals surface area contributed by atoms with Crippen LogP contribution >= 0.6 is 0 Å². The summed E-state index contributed by atoms with van der Waals surface area (Å²) in [5.41, 5.74) is 0.535. The quantitative estimate of drug-likeness (QED) is 0.341. The maximum atomic E-state index is 12.1. The smallest absolute Gasteiger partial charge is 0.251 e. The normalized spacial score (nSPS) is 17.2. The molecular weight excluding hydrogens is 354 g/mol. The topological polar surface area (TPSA) is 80.2 Å². The molecule has 1 atom stereocenters. The van der Waals surface area contributed by atoms with Crippen LogP contribution in [0.25, 0.3) is 0 Å². The number of rotatable bonds is 9. The zero-order chi connectivity index (χ0) is 20.4. The van der Waals surface area contributed by atoms with E-state index in [4.69, 9.17) is 4.99 Å². The average Bonchev–Trinajstić information content (AvgIpc) is 3.17. The van der Waals surface area contributed by atoms with Gasteiger partial charge in [-0.15, -0.1) is 0 Å². The van der Waals surface area contributed by atoms with E-state index < -0.39 is 0 Å². The first-order chi connectivity index (χ1) is 13.6. The number of hydrogen-bond acceptors (Lipinski definition) is 4. The van der Waals surface area contributed by atoms with Crippen LogP contribution in [0.1, 0.15) is 37.6 Å². The van der Waals surface area contributed by atoms with E-state index in [2.05, 4.69) is 41.2 Å². The molecule has 0 bridgehead atoms. The lowest BCUT2D eigenvalue weighted by Crippen LogP contribution is -2.41. The van der Waals surface area contributed by atoms with Gasteiger partial charge in [-0.25, -0.2) is 0 Å². The van der Waals surface area contributed by atoms with Gasteiger partial charge in [-0.3, -0.25) is 9.79 Å². The maximum Gasteiger partial charge on any atom is 0.251 e. The van der Waals surface area contributed by atoms with E-state index in [0.29, 0.717) is 24.6 Å². The van der Waals surface area contributed by atoms with Crippen LogP contribution in [0.3, 0.4) is 0 Å². The second-order valence-electron chi connectivity index (χ2n) is 7.12. The Morgan fingerprint density at radius 2 is 1.93 bits per heavy atom. The fraction of sp³-hybridized carbons (Fsp3) is 0.619. The number of aromatic hydroxyl groups is 1. The van der Waals surface area contributed by atoms with E-state index in [9.17, 15) is 9.90 Å². The van der Waals surface area contributed by atoms with Crippen molar-refractivity contribution < 1.29 is 9.90 Å². The predicted molar refractivity (Wildman–Crippen MR) is 114 cm³/mol. The van der Waals surface area contributed by atoms with E-state index in [1.54, 1.807) is 12.1 Å². The molecule has 1 aliphatic heterocycles. The Kier molecular flexibility index (Phi) is 9.07. The second-order valence-corrected chi connectivity index (χ2v) is 7.12. The molecule has 7 nitrogen and oxygen atoms in total. The Balaban J connectivity index is 1.81. The number of phenols is 1. The average molecular weight is 390 g/mol. The molecule has 1 unspecified atom stereocenters. The third kappa shape index (κ3) is 6.71. The Labute approximate surface area is 168 Å². The zero-order valence-corrected chi connectivity index (χ0v) is 17.4. The summed E-state index contributed by atoms with van der Waals surface area (Å²) in [7, 11) is 0. The molecule has 2 rings (SSSR count). The molecule has 156 valence electrons. The van der Waals surface area contributed by atoms with Gasteiger partial charge in [-0.05, 0) is 56.6 Å². The van der Waals surface area contributed by atoms with Crippen molar-refractivity contribution in [2.45, 2.75) is 27.2 Å². The number of phenolic OH excluding ortho intramolecular Hbond substituents is 1. The molecule has 0 spiro atoms. The number of guanidine groups is 1. The molecule has 28 heavy (non-hydrogen) atoms. The third-order valence-electron chi connectivity index (χ3n) is 5.12. The van der Waals surface area contributed by atoms with Crippen molar-refractivity contribution in [3.8, 4) is 5.75 Å². The van der Waals surface area contributed by atoms with Crippen molar-refractivity contribution in [2.75, 3.05) is 52.4 Å². The number of nitrogens with one attached hydrogen (secondary N) is 2. The minimum Gasteiger partial charge on any atom is -0.508 e. The highest BCUT2D eigenvalue weighted by atomic mass is 16.3. The van der Waals surface area contributed by atoms with Crippen LogP contribution in [0, 0.1) is 5.92 Å². The summed E-state index contributed by atoms with van der Waals surface area (Å²) in [5.74, 6) is 1.61. The molecule has 0 aliphatic carbocycles. The van der Waals surface area contributed by atoms with Gasteiger partial charge in [0.15, 0.2) is 5.96 Å². The molecule has 3 N–H and O–H groups in total. The van der Waals surface area contributed by atoms with Crippen molar-refractivity contribution in [1.82, 2.24) is 20.4 Å². The number of amides is 1. The molecule has 1 amide bonds. The number of carbonyl (C=O) groups is 1. The molecule has 0 aromatic heterocycles. The van der Waals surface area contributed by atoms with Gasteiger partial charge in [-0.1, -0.05) is 13.8 Å².